The van der Waals surface area contributed by atoms with E-state index in [1.807, 2.05) is 0 Å². The molecule has 9 nitrogen and oxygen atoms in total. The van der Waals surface area contributed by atoms with Crippen molar-refractivity contribution in [1.29, 1.82) is 0 Å². The molecule has 1 fully saturated rings. The van der Waals surface area contributed by atoms with Crippen LogP contribution < -0.4 is 11.2 Å². The molecule has 0 aromatic carbocycles. The maximum absolute atomic E-state index is 11.6. The van der Waals surface area contributed by atoms with Gasteiger partial charge in [0.1, 0.15) is 18.4 Å². The number of carbonyl (C=O) groups excluding carboxylic acids is 1. The number of carbonyl (C=O) groups is 1. The Hall–Kier alpha value is -2.13. The second kappa shape index (κ2) is 5.88. The minimum atomic E-state index is -0.897. The van der Waals surface area contributed by atoms with Gasteiger partial charge in [-0.2, -0.15) is 0 Å². The summed E-state index contributed by atoms with van der Waals surface area (Å²) < 4.78 is 15.9. The number of hydrogen-bond acceptors (Lipinski definition) is 7. The third kappa shape index (κ3) is 2.89. The second-order valence-corrected chi connectivity index (χ2v) is 4.18. The van der Waals surface area contributed by atoms with Gasteiger partial charge < -0.3 is 19.3 Å². The number of nitrogens with one attached hydrogen (secondary N) is 1. The van der Waals surface area contributed by atoms with Crippen LogP contribution in [-0.2, 0) is 14.2 Å². The highest BCUT2D eigenvalue weighted by Crippen LogP contribution is 2.29. The molecule has 1 aliphatic heterocycles. The van der Waals surface area contributed by atoms with Crippen molar-refractivity contribution in [3.05, 3.63) is 33.1 Å². The van der Waals surface area contributed by atoms with Crippen LogP contribution in [0.2, 0.25) is 0 Å². The average Bonchev–Trinajstić information content (AvgIpc) is 2.81. The zero-order valence-corrected chi connectivity index (χ0v) is 10.6. The molecule has 0 aliphatic carbocycles. The van der Waals surface area contributed by atoms with Crippen LogP contribution >= 0.6 is 0 Å². The molecule has 0 unspecified atom stereocenters. The Balaban J connectivity index is 2.17. The van der Waals surface area contributed by atoms with Crippen molar-refractivity contribution in [2.75, 3.05) is 13.7 Å². The Kier molecular flexibility index (Phi) is 4.20. The number of aliphatic hydroxyl groups excluding tert-OH is 1. The van der Waals surface area contributed by atoms with Crippen molar-refractivity contribution < 1.29 is 24.1 Å². The SMILES string of the molecule is COC(=O)O[C@H]1C[C@H](n2ccc(=O)[nH]c2=O)O[C@@H]1CO. The van der Waals surface area contributed by atoms with Gasteiger partial charge in [-0.05, 0) is 0 Å². The quantitative estimate of drug-likeness (QED) is 0.681. The maximum Gasteiger partial charge on any atom is 0.508 e. The number of aromatic amines is 1. The number of hydrogen-bond donors (Lipinski definition) is 2. The van der Waals surface area contributed by atoms with Crippen LogP contribution in [0.15, 0.2) is 21.9 Å². The summed E-state index contributed by atoms with van der Waals surface area (Å²) in [6.45, 7) is -0.379. The maximum atomic E-state index is 11.6. The van der Waals surface area contributed by atoms with Gasteiger partial charge in [0.25, 0.3) is 5.56 Å². The highest BCUT2D eigenvalue weighted by molar-refractivity contribution is 5.59. The monoisotopic (exact) mass is 286 g/mol. The Labute approximate surface area is 112 Å². The number of aromatic nitrogens is 2. The molecule has 1 aliphatic rings. The Bertz CT molecular complexity index is 593. The number of ether oxygens (including phenoxy) is 3. The lowest BCUT2D eigenvalue weighted by molar-refractivity contribution is -0.0555. The van der Waals surface area contributed by atoms with Crippen molar-refractivity contribution in [1.82, 2.24) is 9.55 Å². The smallest absolute Gasteiger partial charge is 0.438 e. The van der Waals surface area contributed by atoms with E-state index in [0.29, 0.717) is 0 Å². The first kappa shape index (κ1) is 14.3. The molecular formula is C11H14N2O7. The van der Waals surface area contributed by atoms with Crippen LogP contribution in [0.25, 0.3) is 0 Å². The first-order valence-electron chi connectivity index (χ1n) is 5.87. The van der Waals surface area contributed by atoms with E-state index in [1.54, 1.807) is 0 Å². The topological polar surface area (TPSA) is 120 Å². The van der Waals surface area contributed by atoms with E-state index in [0.717, 1.165) is 11.7 Å². The van der Waals surface area contributed by atoms with E-state index in [9.17, 15) is 19.5 Å². The Morgan fingerprint density at radius 2 is 2.35 bits per heavy atom. The lowest BCUT2D eigenvalue weighted by Crippen LogP contribution is -2.31. The summed E-state index contributed by atoms with van der Waals surface area (Å²) in [5.74, 6) is 0. The summed E-state index contributed by atoms with van der Waals surface area (Å²) in [6, 6.07) is 1.17. The summed E-state index contributed by atoms with van der Waals surface area (Å²) >= 11 is 0. The lowest BCUT2D eigenvalue weighted by Gasteiger charge is -2.15. The number of nitrogens with zero attached hydrogens (tertiary/aromatic N) is 1. The summed E-state index contributed by atoms with van der Waals surface area (Å²) in [7, 11) is 1.16. The third-order valence-corrected chi connectivity index (χ3v) is 2.94. The van der Waals surface area contributed by atoms with E-state index >= 15 is 0 Å². The first-order chi connectivity index (χ1) is 9.55. The van der Waals surface area contributed by atoms with Crippen molar-refractivity contribution in [2.45, 2.75) is 24.9 Å². The molecule has 3 atom stereocenters. The molecule has 0 amide bonds. The van der Waals surface area contributed by atoms with Gasteiger partial charge in [-0.25, -0.2) is 9.59 Å². The Morgan fingerprint density at radius 1 is 1.60 bits per heavy atom. The van der Waals surface area contributed by atoms with Crippen LogP contribution in [0.3, 0.4) is 0 Å². The van der Waals surface area contributed by atoms with Gasteiger partial charge in [-0.3, -0.25) is 14.3 Å². The van der Waals surface area contributed by atoms with E-state index in [1.165, 1.54) is 12.3 Å². The highest BCUT2D eigenvalue weighted by Gasteiger charge is 2.39. The molecule has 1 aromatic heterocycles. The summed E-state index contributed by atoms with van der Waals surface area (Å²) in [5.41, 5.74) is -1.16. The van der Waals surface area contributed by atoms with Crippen molar-refractivity contribution in [2.24, 2.45) is 0 Å². The molecule has 20 heavy (non-hydrogen) atoms. The van der Waals surface area contributed by atoms with Crippen LogP contribution in [0.4, 0.5) is 4.79 Å². The van der Waals surface area contributed by atoms with Gasteiger partial charge in [0.15, 0.2) is 0 Å². The van der Waals surface area contributed by atoms with E-state index in [2.05, 4.69) is 9.72 Å². The molecular weight excluding hydrogens is 272 g/mol. The van der Waals surface area contributed by atoms with Crippen LogP contribution in [-0.4, -0.2) is 46.7 Å². The van der Waals surface area contributed by atoms with E-state index in [4.69, 9.17) is 9.47 Å². The second-order valence-electron chi connectivity index (χ2n) is 4.18. The average molecular weight is 286 g/mol. The van der Waals surface area contributed by atoms with E-state index in [-0.39, 0.29) is 13.0 Å². The fourth-order valence-electron chi connectivity index (χ4n) is 1.98. The van der Waals surface area contributed by atoms with Crippen LogP contribution in [0.5, 0.6) is 0 Å². The van der Waals surface area contributed by atoms with Gasteiger partial charge in [-0.15, -0.1) is 0 Å². The molecule has 1 saturated heterocycles. The zero-order valence-electron chi connectivity index (χ0n) is 10.6. The molecule has 2 heterocycles. The normalized spacial score (nSPS) is 25.4. The molecule has 0 radical (unpaired) electrons. The Morgan fingerprint density at radius 3 is 2.95 bits per heavy atom. The number of H-pyrrole nitrogens is 1. The summed E-state index contributed by atoms with van der Waals surface area (Å²) in [5, 5.41) is 9.20. The molecule has 2 N–H and O–H groups in total. The van der Waals surface area contributed by atoms with Crippen molar-refractivity contribution in [3.8, 4) is 0 Å². The fraction of sp³-hybridized carbons (Fsp3) is 0.545. The highest BCUT2D eigenvalue weighted by atomic mass is 16.7. The standard InChI is InChI=1S/C11H14N2O7/c1-18-11(17)20-6-4-9(19-7(6)5-14)13-3-2-8(15)12-10(13)16/h2-3,6-7,9,14H,4-5H2,1H3,(H,12,15,16)/t6-,7+,9+/m0/s1. The van der Waals surface area contributed by atoms with Gasteiger partial charge in [0, 0.05) is 18.7 Å². The van der Waals surface area contributed by atoms with Gasteiger partial charge in [0.2, 0.25) is 0 Å². The molecule has 0 saturated carbocycles. The number of rotatable bonds is 3. The predicted molar refractivity (Wildman–Crippen MR) is 64.2 cm³/mol. The van der Waals surface area contributed by atoms with Gasteiger partial charge in [0.05, 0.1) is 13.7 Å². The van der Waals surface area contributed by atoms with Gasteiger partial charge in [-0.1, -0.05) is 0 Å². The third-order valence-electron chi connectivity index (χ3n) is 2.94. The molecule has 1 aromatic rings. The first-order valence-corrected chi connectivity index (χ1v) is 5.87. The number of aliphatic hydroxyl groups is 1. The molecule has 0 bridgehead atoms. The fourth-order valence-corrected chi connectivity index (χ4v) is 1.98. The summed E-state index contributed by atoms with van der Waals surface area (Å²) in [6.07, 6.45) is -1.71. The predicted octanol–water partition coefficient (Wildman–Crippen LogP) is -1.03. The largest absolute Gasteiger partial charge is 0.508 e. The van der Waals surface area contributed by atoms with Crippen molar-refractivity contribution >= 4 is 6.16 Å². The molecule has 9 heteroatoms. The summed E-state index contributed by atoms with van der Waals surface area (Å²) in [4.78, 5) is 35.8. The van der Waals surface area contributed by atoms with Crippen LogP contribution in [0, 0.1) is 0 Å². The lowest BCUT2D eigenvalue weighted by atomic mass is 10.2. The van der Waals surface area contributed by atoms with E-state index < -0.39 is 35.8 Å². The molecule has 2 rings (SSSR count). The van der Waals surface area contributed by atoms with Gasteiger partial charge >= 0.3 is 11.8 Å². The molecule has 110 valence electrons. The molecule has 0 spiro atoms. The minimum Gasteiger partial charge on any atom is -0.438 e. The van der Waals surface area contributed by atoms with Crippen molar-refractivity contribution in [3.63, 3.8) is 0 Å². The van der Waals surface area contributed by atoms with Crippen LogP contribution in [0.1, 0.15) is 12.6 Å². The zero-order chi connectivity index (χ0) is 14.7. The number of methoxy groups -OCH3 is 1. The minimum absolute atomic E-state index is 0.159.